The predicted octanol–water partition coefficient (Wildman–Crippen LogP) is 3.87. The number of ketones is 1. The fourth-order valence-corrected chi connectivity index (χ4v) is 1.93. The molecule has 2 aromatic rings. The van der Waals surface area contributed by atoms with Crippen LogP contribution in [0.15, 0.2) is 41.0 Å². The SMILES string of the molecule is O=C(c1cccc(Br)c1F)c1ncccc1Cl. The van der Waals surface area contributed by atoms with E-state index < -0.39 is 11.6 Å². The number of aromatic nitrogens is 1. The largest absolute Gasteiger partial charge is 0.287 e. The van der Waals surface area contributed by atoms with E-state index >= 15 is 0 Å². The molecule has 0 radical (unpaired) electrons. The van der Waals surface area contributed by atoms with E-state index in [0.29, 0.717) is 0 Å². The lowest BCUT2D eigenvalue weighted by Gasteiger charge is -2.04. The Bertz CT molecular complexity index is 588. The van der Waals surface area contributed by atoms with E-state index in [1.165, 1.54) is 24.4 Å². The zero-order valence-corrected chi connectivity index (χ0v) is 10.8. The zero-order valence-electron chi connectivity index (χ0n) is 8.45. The molecule has 2 nitrogen and oxygen atoms in total. The summed E-state index contributed by atoms with van der Waals surface area (Å²) in [5, 5.41) is 0.205. The number of carbonyl (C=O) groups is 1. The Hall–Kier alpha value is -1.26. The lowest BCUT2D eigenvalue weighted by Crippen LogP contribution is -2.07. The molecule has 17 heavy (non-hydrogen) atoms. The molecular formula is C12H6BrClFNO. The van der Waals surface area contributed by atoms with E-state index in [-0.39, 0.29) is 20.8 Å². The van der Waals surface area contributed by atoms with E-state index in [1.807, 2.05) is 0 Å². The Morgan fingerprint density at radius 2 is 2.06 bits per heavy atom. The maximum absolute atomic E-state index is 13.7. The van der Waals surface area contributed by atoms with Gasteiger partial charge in [-0.2, -0.15) is 0 Å². The normalized spacial score (nSPS) is 10.3. The summed E-state index contributed by atoms with van der Waals surface area (Å²) in [4.78, 5) is 15.9. The molecule has 1 aromatic heterocycles. The molecular weight excluding hydrogens is 308 g/mol. The molecule has 0 fully saturated rings. The summed E-state index contributed by atoms with van der Waals surface area (Å²) in [7, 11) is 0. The van der Waals surface area contributed by atoms with E-state index in [1.54, 1.807) is 12.1 Å². The molecule has 0 amide bonds. The molecule has 0 spiro atoms. The first-order chi connectivity index (χ1) is 8.11. The van der Waals surface area contributed by atoms with Gasteiger partial charge in [0, 0.05) is 6.20 Å². The van der Waals surface area contributed by atoms with Crippen LogP contribution in [-0.4, -0.2) is 10.8 Å². The van der Waals surface area contributed by atoms with Crippen LogP contribution in [0, 0.1) is 5.82 Å². The molecule has 0 aliphatic rings. The Morgan fingerprint density at radius 3 is 2.76 bits per heavy atom. The summed E-state index contributed by atoms with van der Waals surface area (Å²) in [5.74, 6) is -1.14. The number of rotatable bonds is 2. The second kappa shape index (κ2) is 4.94. The van der Waals surface area contributed by atoms with Crippen molar-refractivity contribution in [1.29, 1.82) is 0 Å². The molecule has 86 valence electrons. The Balaban J connectivity index is 2.52. The van der Waals surface area contributed by atoms with Gasteiger partial charge in [-0.3, -0.25) is 9.78 Å². The number of hydrogen-bond acceptors (Lipinski definition) is 2. The Labute approximate surface area is 111 Å². The van der Waals surface area contributed by atoms with Crippen LogP contribution < -0.4 is 0 Å². The van der Waals surface area contributed by atoms with Crippen LogP contribution in [0.1, 0.15) is 16.1 Å². The van der Waals surface area contributed by atoms with Gasteiger partial charge in [0.1, 0.15) is 11.5 Å². The Morgan fingerprint density at radius 1 is 1.29 bits per heavy atom. The molecule has 2 rings (SSSR count). The van der Waals surface area contributed by atoms with Gasteiger partial charge in [0.2, 0.25) is 5.78 Å². The van der Waals surface area contributed by atoms with Crippen LogP contribution >= 0.6 is 27.5 Å². The van der Waals surface area contributed by atoms with Gasteiger partial charge in [-0.1, -0.05) is 17.7 Å². The minimum Gasteiger partial charge on any atom is -0.287 e. The lowest BCUT2D eigenvalue weighted by molar-refractivity contribution is 0.103. The summed E-state index contributed by atoms with van der Waals surface area (Å²) < 4.78 is 14.0. The highest BCUT2D eigenvalue weighted by atomic mass is 79.9. The van der Waals surface area contributed by atoms with Crippen molar-refractivity contribution in [3.63, 3.8) is 0 Å². The van der Waals surface area contributed by atoms with Crippen molar-refractivity contribution >= 4 is 33.3 Å². The fraction of sp³-hybridized carbons (Fsp3) is 0. The molecule has 0 saturated carbocycles. The molecule has 0 saturated heterocycles. The minimum absolute atomic E-state index is 0.0474. The third-order valence-corrected chi connectivity index (χ3v) is 3.09. The van der Waals surface area contributed by atoms with Gasteiger partial charge in [-0.05, 0) is 40.2 Å². The number of halogens is 3. The standard InChI is InChI=1S/C12H6BrClFNO/c13-8-4-1-3-7(10(8)15)12(17)11-9(14)5-2-6-16-11/h1-6H. The van der Waals surface area contributed by atoms with E-state index in [4.69, 9.17) is 11.6 Å². The molecule has 0 unspecified atom stereocenters. The maximum Gasteiger partial charge on any atom is 0.215 e. The highest BCUT2D eigenvalue weighted by molar-refractivity contribution is 9.10. The summed E-state index contributed by atoms with van der Waals surface area (Å²) in [6, 6.07) is 7.64. The first-order valence-corrected chi connectivity index (χ1v) is 5.87. The molecule has 1 heterocycles. The van der Waals surface area contributed by atoms with Crippen molar-refractivity contribution in [2.45, 2.75) is 0 Å². The molecule has 0 bridgehead atoms. The number of pyridine rings is 1. The zero-order chi connectivity index (χ0) is 12.4. The van der Waals surface area contributed by atoms with E-state index in [9.17, 15) is 9.18 Å². The summed E-state index contributed by atoms with van der Waals surface area (Å²) in [6.45, 7) is 0. The van der Waals surface area contributed by atoms with Crippen LogP contribution in [0.25, 0.3) is 0 Å². The van der Waals surface area contributed by atoms with Crippen LogP contribution in [0.3, 0.4) is 0 Å². The van der Waals surface area contributed by atoms with Gasteiger partial charge in [0.15, 0.2) is 0 Å². The average Bonchev–Trinajstić information content (AvgIpc) is 2.32. The Kier molecular flexibility index (Phi) is 3.54. The highest BCUT2D eigenvalue weighted by Gasteiger charge is 2.18. The topological polar surface area (TPSA) is 30.0 Å². The van der Waals surface area contributed by atoms with Crippen molar-refractivity contribution in [3.8, 4) is 0 Å². The summed E-state index contributed by atoms with van der Waals surface area (Å²) in [6.07, 6.45) is 1.44. The second-order valence-electron chi connectivity index (χ2n) is 3.26. The highest BCUT2D eigenvalue weighted by Crippen LogP contribution is 2.23. The minimum atomic E-state index is -0.612. The van der Waals surface area contributed by atoms with Crippen molar-refractivity contribution in [3.05, 3.63) is 63.1 Å². The van der Waals surface area contributed by atoms with E-state index in [2.05, 4.69) is 20.9 Å². The first kappa shape index (κ1) is 12.2. The van der Waals surface area contributed by atoms with Gasteiger partial charge in [-0.25, -0.2) is 4.39 Å². The third-order valence-electron chi connectivity index (χ3n) is 2.17. The molecule has 0 N–H and O–H groups in total. The van der Waals surface area contributed by atoms with Gasteiger partial charge < -0.3 is 0 Å². The molecule has 5 heteroatoms. The van der Waals surface area contributed by atoms with Crippen LogP contribution in [0.5, 0.6) is 0 Å². The number of nitrogens with zero attached hydrogens (tertiary/aromatic N) is 1. The molecule has 1 aromatic carbocycles. The van der Waals surface area contributed by atoms with Gasteiger partial charge in [-0.15, -0.1) is 0 Å². The van der Waals surface area contributed by atoms with Crippen molar-refractivity contribution in [2.24, 2.45) is 0 Å². The fourth-order valence-electron chi connectivity index (χ4n) is 1.36. The average molecular weight is 315 g/mol. The molecule has 0 atom stereocenters. The van der Waals surface area contributed by atoms with Crippen molar-refractivity contribution in [2.75, 3.05) is 0 Å². The third kappa shape index (κ3) is 2.37. The predicted molar refractivity (Wildman–Crippen MR) is 66.8 cm³/mol. The van der Waals surface area contributed by atoms with Gasteiger partial charge >= 0.3 is 0 Å². The lowest BCUT2D eigenvalue weighted by atomic mass is 10.1. The number of hydrogen-bond donors (Lipinski definition) is 0. The summed E-state index contributed by atoms with van der Waals surface area (Å²) in [5.41, 5.74) is -0.00820. The number of carbonyl (C=O) groups excluding carboxylic acids is 1. The smallest absolute Gasteiger partial charge is 0.215 e. The van der Waals surface area contributed by atoms with Crippen molar-refractivity contribution < 1.29 is 9.18 Å². The second-order valence-corrected chi connectivity index (χ2v) is 4.53. The van der Waals surface area contributed by atoms with Gasteiger partial charge in [0.25, 0.3) is 0 Å². The first-order valence-electron chi connectivity index (χ1n) is 4.70. The molecule has 0 aliphatic heterocycles. The van der Waals surface area contributed by atoms with E-state index in [0.717, 1.165) is 0 Å². The maximum atomic E-state index is 13.7. The monoisotopic (exact) mass is 313 g/mol. The number of benzene rings is 1. The van der Waals surface area contributed by atoms with Crippen LogP contribution in [0.4, 0.5) is 4.39 Å². The van der Waals surface area contributed by atoms with Gasteiger partial charge in [0.05, 0.1) is 15.1 Å². The summed E-state index contributed by atoms with van der Waals surface area (Å²) >= 11 is 8.87. The van der Waals surface area contributed by atoms with Crippen LogP contribution in [0.2, 0.25) is 5.02 Å². The van der Waals surface area contributed by atoms with Crippen molar-refractivity contribution in [1.82, 2.24) is 4.98 Å². The quantitative estimate of drug-likeness (QED) is 0.788. The molecule has 0 aliphatic carbocycles. The van der Waals surface area contributed by atoms with Crippen LogP contribution in [-0.2, 0) is 0 Å².